The third-order valence-corrected chi connectivity index (χ3v) is 1.97. The second-order valence-electron chi connectivity index (χ2n) is 2.97. The number of hydrogen-bond acceptors (Lipinski definition) is 3. The molecule has 0 spiro atoms. The lowest BCUT2D eigenvalue weighted by atomic mass is 10.3. The second-order valence-corrected chi connectivity index (χ2v) is 2.97. The van der Waals surface area contributed by atoms with Gasteiger partial charge in [0.05, 0.1) is 13.2 Å². The van der Waals surface area contributed by atoms with E-state index in [2.05, 4.69) is 5.32 Å². The van der Waals surface area contributed by atoms with Crippen LogP contribution in [-0.4, -0.2) is 19.6 Å². The zero-order valence-electron chi connectivity index (χ0n) is 7.66. The predicted octanol–water partition coefficient (Wildman–Crippen LogP) is 1.42. The van der Waals surface area contributed by atoms with Gasteiger partial charge in [-0.3, -0.25) is 4.79 Å². The first-order chi connectivity index (χ1) is 6.90. The highest BCUT2D eigenvalue weighted by molar-refractivity contribution is 5.72. The molecule has 0 radical (unpaired) electrons. The summed E-state index contributed by atoms with van der Waals surface area (Å²) < 4.78 is 10.9. The van der Waals surface area contributed by atoms with E-state index in [4.69, 9.17) is 9.47 Å². The lowest BCUT2D eigenvalue weighted by Crippen LogP contribution is -1.97. The van der Waals surface area contributed by atoms with Gasteiger partial charge in [0.1, 0.15) is 0 Å². The third kappa shape index (κ3) is 1.79. The molecule has 0 saturated carbocycles. The Kier molecular flexibility index (Phi) is 2.53. The van der Waals surface area contributed by atoms with Gasteiger partial charge >= 0.3 is 0 Å². The Morgan fingerprint density at radius 2 is 2.00 bits per heavy atom. The van der Waals surface area contributed by atoms with Gasteiger partial charge in [-0.15, -0.1) is 0 Å². The average molecular weight is 193 g/mol. The van der Waals surface area contributed by atoms with Crippen molar-refractivity contribution in [1.29, 1.82) is 0 Å². The molecule has 1 aromatic rings. The molecule has 1 aliphatic rings. The van der Waals surface area contributed by atoms with Crippen molar-refractivity contribution in [2.45, 2.75) is 6.42 Å². The fourth-order valence-electron chi connectivity index (χ4n) is 1.32. The molecule has 1 N–H and O–H groups in total. The Labute approximate surface area is 81.8 Å². The lowest BCUT2D eigenvalue weighted by Gasteiger charge is -2.08. The number of carbonyl (C=O) groups excluding carboxylic acids is 1. The number of benzene rings is 1. The summed E-state index contributed by atoms with van der Waals surface area (Å²) in [7, 11) is 0. The average Bonchev–Trinajstić information content (AvgIpc) is 2.42. The monoisotopic (exact) mass is 193 g/mol. The molecule has 1 heterocycles. The van der Waals surface area contributed by atoms with Crippen molar-refractivity contribution in [3.63, 3.8) is 0 Å². The molecule has 0 fully saturated rings. The molecule has 0 unspecified atom stereocenters. The minimum absolute atomic E-state index is 0.638. The second kappa shape index (κ2) is 4.00. The molecule has 0 saturated heterocycles. The Balaban J connectivity index is 2.27. The molecule has 0 bridgehead atoms. The van der Waals surface area contributed by atoms with Crippen molar-refractivity contribution >= 4 is 12.1 Å². The van der Waals surface area contributed by atoms with Crippen molar-refractivity contribution in [2.75, 3.05) is 18.5 Å². The molecule has 4 heteroatoms. The zero-order valence-corrected chi connectivity index (χ0v) is 7.66. The molecular weight excluding hydrogens is 182 g/mol. The largest absolute Gasteiger partial charge is 0.490 e. The zero-order chi connectivity index (χ0) is 9.80. The summed E-state index contributed by atoms with van der Waals surface area (Å²) >= 11 is 0. The van der Waals surface area contributed by atoms with E-state index in [1.807, 2.05) is 0 Å². The van der Waals surface area contributed by atoms with Crippen LogP contribution in [0.1, 0.15) is 6.42 Å². The summed E-state index contributed by atoms with van der Waals surface area (Å²) in [6, 6.07) is 5.34. The minimum atomic E-state index is 0.638. The van der Waals surface area contributed by atoms with E-state index in [0.29, 0.717) is 31.1 Å². The molecule has 4 nitrogen and oxygen atoms in total. The van der Waals surface area contributed by atoms with Crippen LogP contribution in [-0.2, 0) is 4.79 Å². The van der Waals surface area contributed by atoms with Gasteiger partial charge in [0.25, 0.3) is 0 Å². The van der Waals surface area contributed by atoms with Crippen molar-refractivity contribution in [3.05, 3.63) is 18.2 Å². The first-order valence-corrected chi connectivity index (χ1v) is 4.50. The summed E-state index contributed by atoms with van der Waals surface area (Å²) in [4.78, 5) is 10.2. The van der Waals surface area contributed by atoms with Gasteiger partial charge in [-0.2, -0.15) is 0 Å². The molecular formula is C10H11NO3. The van der Waals surface area contributed by atoms with Crippen molar-refractivity contribution in [1.82, 2.24) is 0 Å². The van der Waals surface area contributed by atoms with Crippen molar-refractivity contribution in [2.24, 2.45) is 0 Å². The molecule has 0 atom stereocenters. The number of fused-ring (bicyclic) bond motifs is 1. The summed E-state index contributed by atoms with van der Waals surface area (Å²) in [5.74, 6) is 1.42. The molecule has 74 valence electrons. The molecule has 1 aliphatic heterocycles. The fourth-order valence-corrected chi connectivity index (χ4v) is 1.32. The third-order valence-electron chi connectivity index (χ3n) is 1.97. The number of nitrogens with one attached hydrogen (secondary N) is 1. The maximum atomic E-state index is 10.2. The van der Waals surface area contributed by atoms with Crippen LogP contribution < -0.4 is 14.8 Å². The number of rotatable bonds is 2. The molecule has 0 aliphatic carbocycles. The molecule has 2 rings (SSSR count). The highest BCUT2D eigenvalue weighted by Gasteiger charge is 2.09. The standard InChI is InChI=1S/C10H11NO3/c12-7-11-8-2-3-9-10(6-8)14-5-1-4-13-9/h2-3,6-7H,1,4-5H2,(H,11,12). The SMILES string of the molecule is O=CNc1ccc2c(c1)OCCCO2. The number of carbonyl (C=O) groups is 1. The maximum Gasteiger partial charge on any atom is 0.211 e. The van der Waals surface area contributed by atoms with Gasteiger partial charge in [0.15, 0.2) is 11.5 Å². The Morgan fingerprint density at radius 3 is 2.79 bits per heavy atom. The van der Waals surface area contributed by atoms with Gasteiger partial charge in [0, 0.05) is 18.2 Å². The van der Waals surface area contributed by atoms with Gasteiger partial charge in [-0.25, -0.2) is 0 Å². The van der Waals surface area contributed by atoms with Crippen LogP contribution in [0.15, 0.2) is 18.2 Å². The van der Waals surface area contributed by atoms with Crippen LogP contribution in [0.4, 0.5) is 5.69 Å². The summed E-state index contributed by atoms with van der Waals surface area (Å²) in [6.45, 7) is 1.32. The Morgan fingerprint density at radius 1 is 1.21 bits per heavy atom. The summed E-state index contributed by atoms with van der Waals surface area (Å²) in [6.07, 6.45) is 1.52. The molecule has 14 heavy (non-hydrogen) atoms. The van der Waals surface area contributed by atoms with Crippen molar-refractivity contribution < 1.29 is 14.3 Å². The first-order valence-electron chi connectivity index (χ1n) is 4.50. The van der Waals surface area contributed by atoms with E-state index in [9.17, 15) is 4.79 Å². The number of ether oxygens (including phenoxy) is 2. The van der Waals surface area contributed by atoms with E-state index < -0.39 is 0 Å². The van der Waals surface area contributed by atoms with Gasteiger partial charge in [0.2, 0.25) is 6.41 Å². The van der Waals surface area contributed by atoms with Gasteiger partial charge in [-0.05, 0) is 12.1 Å². The smallest absolute Gasteiger partial charge is 0.211 e. The van der Waals surface area contributed by atoms with Crippen LogP contribution in [0.25, 0.3) is 0 Å². The summed E-state index contributed by atoms with van der Waals surface area (Å²) in [5.41, 5.74) is 0.712. The van der Waals surface area contributed by atoms with E-state index in [-0.39, 0.29) is 0 Å². The maximum absolute atomic E-state index is 10.2. The number of amides is 1. The Hall–Kier alpha value is -1.71. The fraction of sp³-hybridized carbons (Fsp3) is 0.300. The molecule has 0 aromatic heterocycles. The van der Waals surface area contributed by atoms with E-state index >= 15 is 0 Å². The lowest BCUT2D eigenvalue weighted by molar-refractivity contribution is -0.105. The van der Waals surface area contributed by atoms with Crippen LogP contribution in [0, 0.1) is 0 Å². The number of anilines is 1. The van der Waals surface area contributed by atoms with Gasteiger partial charge in [-0.1, -0.05) is 0 Å². The Bertz CT molecular complexity index is 338. The summed E-state index contributed by atoms with van der Waals surface area (Å²) in [5, 5.41) is 2.56. The van der Waals surface area contributed by atoms with Crippen molar-refractivity contribution in [3.8, 4) is 11.5 Å². The van der Waals surface area contributed by atoms with Crippen LogP contribution in [0.2, 0.25) is 0 Å². The quantitative estimate of drug-likeness (QED) is 0.722. The molecule has 1 amide bonds. The van der Waals surface area contributed by atoms with E-state index in [1.54, 1.807) is 18.2 Å². The highest BCUT2D eigenvalue weighted by Crippen LogP contribution is 2.31. The van der Waals surface area contributed by atoms with Crippen LogP contribution in [0.3, 0.4) is 0 Å². The highest BCUT2D eigenvalue weighted by atomic mass is 16.5. The molecule has 1 aromatic carbocycles. The van der Waals surface area contributed by atoms with Crippen LogP contribution in [0.5, 0.6) is 11.5 Å². The first kappa shape index (κ1) is 8.87. The van der Waals surface area contributed by atoms with E-state index in [0.717, 1.165) is 12.2 Å². The van der Waals surface area contributed by atoms with E-state index in [1.165, 1.54) is 0 Å². The van der Waals surface area contributed by atoms with Crippen LogP contribution >= 0.6 is 0 Å². The number of hydrogen-bond donors (Lipinski definition) is 1. The predicted molar refractivity (Wildman–Crippen MR) is 51.7 cm³/mol. The normalized spacial score (nSPS) is 14.3. The van der Waals surface area contributed by atoms with Gasteiger partial charge < -0.3 is 14.8 Å². The minimum Gasteiger partial charge on any atom is -0.490 e. The topological polar surface area (TPSA) is 47.6 Å².